The Morgan fingerprint density at radius 2 is 2.04 bits per heavy atom. The van der Waals surface area contributed by atoms with Gasteiger partial charge in [-0.1, -0.05) is 29.3 Å². The molecule has 1 aliphatic rings. The lowest BCUT2D eigenvalue weighted by atomic mass is 10.2. The fourth-order valence-electron chi connectivity index (χ4n) is 2.60. The van der Waals surface area contributed by atoms with E-state index in [0.717, 1.165) is 12.1 Å². The van der Waals surface area contributed by atoms with Gasteiger partial charge in [-0.05, 0) is 36.8 Å². The van der Waals surface area contributed by atoms with Crippen molar-refractivity contribution < 1.29 is 14.3 Å². The average molecular weight is 379 g/mol. The minimum Gasteiger partial charge on any atom is -0.482 e. The summed E-state index contributed by atoms with van der Waals surface area (Å²) >= 11 is 11.9. The number of carbonyl (C=O) groups excluding carboxylic acids is 2. The van der Waals surface area contributed by atoms with Crippen molar-refractivity contribution >= 4 is 46.4 Å². The molecule has 130 valence electrons. The first-order chi connectivity index (χ1) is 12.0. The van der Waals surface area contributed by atoms with Crippen LogP contribution in [-0.4, -0.2) is 25.0 Å². The first-order valence-corrected chi connectivity index (χ1v) is 8.56. The van der Waals surface area contributed by atoms with Gasteiger partial charge in [0.25, 0.3) is 5.91 Å². The lowest BCUT2D eigenvalue weighted by molar-refractivity contribution is -0.118. The van der Waals surface area contributed by atoms with Crippen LogP contribution in [0.4, 0.5) is 11.4 Å². The van der Waals surface area contributed by atoms with Crippen molar-refractivity contribution in [3.05, 3.63) is 52.5 Å². The van der Waals surface area contributed by atoms with Gasteiger partial charge in [-0.25, -0.2) is 0 Å². The maximum absolute atomic E-state index is 12.1. The Balaban J connectivity index is 1.61. The number of hydrogen-bond donors (Lipinski definition) is 1. The number of hydrogen-bond acceptors (Lipinski definition) is 3. The van der Waals surface area contributed by atoms with Crippen molar-refractivity contribution in [2.75, 3.05) is 23.4 Å². The fraction of sp³-hybridized carbons (Fsp3) is 0.222. The second kappa shape index (κ2) is 7.76. The molecule has 0 radical (unpaired) electrons. The van der Waals surface area contributed by atoms with Crippen LogP contribution in [0.5, 0.6) is 5.75 Å². The highest BCUT2D eigenvalue weighted by molar-refractivity contribution is 6.34. The van der Waals surface area contributed by atoms with Crippen LogP contribution in [0, 0.1) is 0 Å². The number of halogens is 2. The second-order valence-corrected chi connectivity index (χ2v) is 6.45. The van der Waals surface area contributed by atoms with Crippen LogP contribution < -0.4 is 15.0 Å². The molecule has 0 bridgehead atoms. The summed E-state index contributed by atoms with van der Waals surface area (Å²) in [5, 5.41) is 3.60. The van der Waals surface area contributed by atoms with Crippen LogP contribution in [0.3, 0.4) is 0 Å². The molecule has 0 aromatic heterocycles. The SMILES string of the molecule is O=C(COc1cc(Cl)ccc1Cl)Nc1cccc(N2CCCC2=O)c1. The predicted molar refractivity (Wildman–Crippen MR) is 98.6 cm³/mol. The van der Waals surface area contributed by atoms with E-state index in [1.807, 2.05) is 6.07 Å². The number of ether oxygens (including phenoxy) is 1. The summed E-state index contributed by atoms with van der Waals surface area (Å²) in [6.45, 7) is 0.500. The van der Waals surface area contributed by atoms with E-state index in [4.69, 9.17) is 27.9 Å². The molecule has 3 rings (SSSR count). The Bertz CT molecular complexity index is 811. The van der Waals surface area contributed by atoms with Crippen molar-refractivity contribution in [1.82, 2.24) is 0 Å². The first kappa shape index (κ1) is 17.6. The van der Waals surface area contributed by atoms with Crippen LogP contribution in [-0.2, 0) is 9.59 Å². The molecule has 25 heavy (non-hydrogen) atoms. The van der Waals surface area contributed by atoms with E-state index >= 15 is 0 Å². The number of nitrogens with one attached hydrogen (secondary N) is 1. The summed E-state index contributed by atoms with van der Waals surface area (Å²) in [5.74, 6) is 0.115. The zero-order valence-corrected chi connectivity index (χ0v) is 14.8. The van der Waals surface area contributed by atoms with Gasteiger partial charge in [-0.2, -0.15) is 0 Å². The molecule has 2 amide bonds. The van der Waals surface area contributed by atoms with Gasteiger partial charge in [-0.15, -0.1) is 0 Å². The lowest BCUT2D eigenvalue weighted by Gasteiger charge is -2.17. The van der Waals surface area contributed by atoms with Gasteiger partial charge in [0.2, 0.25) is 5.91 Å². The summed E-state index contributed by atoms with van der Waals surface area (Å²) in [6.07, 6.45) is 1.41. The predicted octanol–water partition coefficient (Wildman–Crippen LogP) is 4.14. The van der Waals surface area contributed by atoms with Gasteiger partial charge in [0.05, 0.1) is 5.02 Å². The molecule has 0 aliphatic carbocycles. The maximum Gasteiger partial charge on any atom is 0.262 e. The van der Waals surface area contributed by atoms with Crippen LogP contribution in [0.2, 0.25) is 10.0 Å². The topological polar surface area (TPSA) is 58.6 Å². The Hall–Kier alpha value is -2.24. The second-order valence-electron chi connectivity index (χ2n) is 5.61. The summed E-state index contributed by atoms with van der Waals surface area (Å²) in [6, 6.07) is 12.0. The Morgan fingerprint density at radius 1 is 1.20 bits per heavy atom. The molecule has 2 aromatic carbocycles. The van der Waals surface area contributed by atoms with Crippen molar-refractivity contribution in [2.45, 2.75) is 12.8 Å². The quantitative estimate of drug-likeness (QED) is 0.850. The van der Waals surface area contributed by atoms with Gasteiger partial charge >= 0.3 is 0 Å². The fourth-order valence-corrected chi connectivity index (χ4v) is 2.94. The first-order valence-electron chi connectivity index (χ1n) is 7.81. The van der Waals surface area contributed by atoms with Crippen molar-refractivity contribution in [3.63, 3.8) is 0 Å². The van der Waals surface area contributed by atoms with E-state index in [1.165, 1.54) is 0 Å². The monoisotopic (exact) mass is 378 g/mol. The third-order valence-electron chi connectivity index (χ3n) is 3.77. The summed E-state index contributed by atoms with van der Waals surface area (Å²) in [7, 11) is 0. The molecule has 0 unspecified atom stereocenters. The van der Waals surface area contributed by atoms with Crippen molar-refractivity contribution in [1.29, 1.82) is 0 Å². The van der Waals surface area contributed by atoms with E-state index < -0.39 is 0 Å². The Morgan fingerprint density at radius 3 is 2.80 bits per heavy atom. The molecule has 2 aromatic rings. The van der Waals surface area contributed by atoms with E-state index in [-0.39, 0.29) is 18.4 Å². The molecule has 1 N–H and O–H groups in total. The highest BCUT2D eigenvalue weighted by Crippen LogP contribution is 2.28. The van der Waals surface area contributed by atoms with Gasteiger partial charge in [-0.3, -0.25) is 9.59 Å². The van der Waals surface area contributed by atoms with E-state index in [2.05, 4.69) is 5.32 Å². The third kappa shape index (κ3) is 4.44. The van der Waals surface area contributed by atoms with Crippen molar-refractivity contribution in [2.24, 2.45) is 0 Å². The highest BCUT2D eigenvalue weighted by Gasteiger charge is 2.21. The molecule has 1 saturated heterocycles. The Labute approximate surface area is 155 Å². The number of rotatable bonds is 5. The number of anilines is 2. The molecule has 1 heterocycles. The molecule has 0 spiro atoms. The average Bonchev–Trinajstić information content (AvgIpc) is 3.02. The summed E-state index contributed by atoms with van der Waals surface area (Å²) in [4.78, 5) is 25.6. The summed E-state index contributed by atoms with van der Waals surface area (Å²) in [5.41, 5.74) is 1.38. The highest BCUT2D eigenvalue weighted by atomic mass is 35.5. The Kier molecular flexibility index (Phi) is 5.46. The smallest absolute Gasteiger partial charge is 0.262 e. The number of amides is 2. The van der Waals surface area contributed by atoms with Crippen LogP contribution in [0.15, 0.2) is 42.5 Å². The minimum atomic E-state index is -0.332. The molecule has 1 aliphatic heterocycles. The number of benzene rings is 2. The van der Waals surface area contributed by atoms with Gasteiger partial charge < -0.3 is 15.0 Å². The summed E-state index contributed by atoms with van der Waals surface area (Å²) < 4.78 is 5.41. The largest absolute Gasteiger partial charge is 0.482 e. The third-order valence-corrected chi connectivity index (χ3v) is 4.31. The maximum atomic E-state index is 12.1. The molecule has 5 nitrogen and oxygen atoms in total. The lowest BCUT2D eigenvalue weighted by Crippen LogP contribution is -2.24. The van der Waals surface area contributed by atoms with Gasteiger partial charge in [0.15, 0.2) is 6.61 Å². The zero-order valence-electron chi connectivity index (χ0n) is 13.3. The molecule has 1 fully saturated rings. The van der Waals surface area contributed by atoms with E-state index in [1.54, 1.807) is 41.3 Å². The van der Waals surface area contributed by atoms with Gasteiger partial charge in [0, 0.05) is 35.4 Å². The van der Waals surface area contributed by atoms with E-state index in [9.17, 15) is 9.59 Å². The zero-order chi connectivity index (χ0) is 17.8. The minimum absolute atomic E-state index is 0.0995. The van der Waals surface area contributed by atoms with Gasteiger partial charge in [0.1, 0.15) is 5.75 Å². The number of nitrogens with zero attached hydrogens (tertiary/aromatic N) is 1. The van der Waals surface area contributed by atoms with E-state index in [0.29, 0.717) is 34.4 Å². The molecular weight excluding hydrogens is 363 g/mol. The standard InChI is InChI=1S/C18H16Cl2N2O3/c19-12-6-7-15(20)16(9-12)25-11-17(23)21-13-3-1-4-14(10-13)22-8-2-5-18(22)24/h1,3-4,6-7,9-10H,2,5,8,11H2,(H,21,23). The molecule has 0 saturated carbocycles. The normalized spacial score (nSPS) is 13.8. The molecule has 0 atom stereocenters. The molecular formula is C18H16Cl2N2O3. The molecule has 7 heteroatoms. The van der Waals surface area contributed by atoms with Crippen LogP contribution in [0.1, 0.15) is 12.8 Å². The number of carbonyl (C=O) groups is 2. The van der Waals surface area contributed by atoms with Crippen LogP contribution in [0.25, 0.3) is 0 Å². The van der Waals surface area contributed by atoms with Crippen molar-refractivity contribution in [3.8, 4) is 5.75 Å². The van der Waals surface area contributed by atoms with Crippen LogP contribution >= 0.6 is 23.2 Å².